The van der Waals surface area contributed by atoms with E-state index in [0.717, 1.165) is 24.3 Å². The van der Waals surface area contributed by atoms with Crippen molar-refractivity contribution in [2.24, 2.45) is 0 Å². The van der Waals surface area contributed by atoms with Crippen LogP contribution < -0.4 is 10.5 Å². The second-order valence-electron chi connectivity index (χ2n) is 4.03. The summed E-state index contributed by atoms with van der Waals surface area (Å²) in [6, 6.07) is 4.97. The highest BCUT2D eigenvalue weighted by molar-refractivity contribution is 7.92. The van der Waals surface area contributed by atoms with Gasteiger partial charge in [0.25, 0.3) is 10.0 Å². The number of sulfonamides is 1. The Labute approximate surface area is 129 Å². The second-order valence-corrected chi connectivity index (χ2v) is 6.53. The lowest BCUT2D eigenvalue weighted by Gasteiger charge is -2.11. The van der Waals surface area contributed by atoms with Crippen LogP contribution in [0.2, 0.25) is 10.0 Å². The summed E-state index contributed by atoms with van der Waals surface area (Å²) in [6.07, 6.45) is 0. The van der Waals surface area contributed by atoms with Gasteiger partial charge in [0.15, 0.2) is 0 Å². The van der Waals surface area contributed by atoms with Crippen molar-refractivity contribution in [1.82, 2.24) is 0 Å². The predicted molar refractivity (Wildman–Crippen MR) is 78.0 cm³/mol. The van der Waals surface area contributed by atoms with Crippen molar-refractivity contribution in [2.75, 3.05) is 10.5 Å². The molecular formula is C12H8Cl2F2N2O2S. The highest BCUT2D eigenvalue weighted by atomic mass is 35.5. The van der Waals surface area contributed by atoms with Crippen molar-refractivity contribution in [3.8, 4) is 0 Å². The normalized spacial score (nSPS) is 11.4. The lowest BCUT2D eigenvalue weighted by molar-refractivity contribution is 0.597. The minimum absolute atomic E-state index is 0.138. The quantitative estimate of drug-likeness (QED) is 0.828. The molecule has 9 heteroatoms. The van der Waals surface area contributed by atoms with E-state index >= 15 is 0 Å². The number of anilines is 2. The highest BCUT2D eigenvalue weighted by Crippen LogP contribution is 2.29. The number of hydrogen-bond donors (Lipinski definition) is 2. The van der Waals surface area contributed by atoms with Crippen LogP contribution in [-0.2, 0) is 10.0 Å². The molecule has 0 aliphatic rings. The van der Waals surface area contributed by atoms with Crippen molar-refractivity contribution in [3.05, 3.63) is 52.0 Å². The fourth-order valence-corrected chi connectivity index (χ4v) is 3.31. The zero-order valence-electron chi connectivity index (χ0n) is 10.2. The Morgan fingerprint density at radius 1 is 1.05 bits per heavy atom. The van der Waals surface area contributed by atoms with Gasteiger partial charge in [0.05, 0.1) is 16.4 Å². The van der Waals surface area contributed by atoms with Crippen LogP contribution in [-0.4, -0.2) is 8.42 Å². The first-order valence-electron chi connectivity index (χ1n) is 5.43. The summed E-state index contributed by atoms with van der Waals surface area (Å²) in [4.78, 5) is -0.470. The monoisotopic (exact) mass is 352 g/mol. The molecule has 0 saturated carbocycles. The second kappa shape index (κ2) is 5.67. The lowest BCUT2D eigenvalue weighted by atomic mass is 10.3. The number of rotatable bonds is 3. The van der Waals surface area contributed by atoms with E-state index in [9.17, 15) is 17.2 Å². The molecular weight excluding hydrogens is 345 g/mol. The SMILES string of the molecule is Nc1cc(S(=O)(=O)Nc2cc(Cl)ccc2F)c(Cl)cc1F. The highest BCUT2D eigenvalue weighted by Gasteiger charge is 2.21. The molecule has 0 fully saturated rings. The van der Waals surface area contributed by atoms with Gasteiger partial charge in [0.1, 0.15) is 16.5 Å². The van der Waals surface area contributed by atoms with Crippen molar-refractivity contribution < 1.29 is 17.2 Å². The molecule has 0 aliphatic carbocycles. The summed E-state index contributed by atoms with van der Waals surface area (Å²) in [5, 5.41) is -0.240. The Morgan fingerprint density at radius 3 is 2.38 bits per heavy atom. The molecule has 0 aliphatic heterocycles. The van der Waals surface area contributed by atoms with Crippen molar-refractivity contribution in [1.29, 1.82) is 0 Å². The van der Waals surface area contributed by atoms with Crippen LogP contribution in [0.3, 0.4) is 0 Å². The summed E-state index contributed by atoms with van der Waals surface area (Å²) in [6.45, 7) is 0. The Balaban J connectivity index is 2.48. The molecule has 0 amide bonds. The maximum atomic E-state index is 13.6. The maximum absolute atomic E-state index is 13.6. The Bertz CT molecular complexity index is 813. The summed E-state index contributed by atoms with van der Waals surface area (Å²) in [7, 11) is -4.25. The van der Waals surface area contributed by atoms with E-state index in [1.807, 2.05) is 4.72 Å². The van der Waals surface area contributed by atoms with E-state index in [1.165, 1.54) is 6.07 Å². The Kier molecular flexibility index (Phi) is 4.27. The van der Waals surface area contributed by atoms with Crippen LogP contribution in [0.25, 0.3) is 0 Å². The van der Waals surface area contributed by atoms with E-state index in [4.69, 9.17) is 28.9 Å². The first-order chi connectivity index (χ1) is 9.70. The minimum atomic E-state index is -4.25. The van der Waals surface area contributed by atoms with Gasteiger partial charge in [0, 0.05) is 5.02 Å². The van der Waals surface area contributed by atoms with E-state index in [2.05, 4.69) is 0 Å². The fraction of sp³-hybridized carbons (Fsp3) is 0. The van der Waals surface area contributed by atoms with Gasteiger partial charge in [-0.1, -0.05) is 23.2 Å². The topological polar surface area (TPSA) is 72.2 Å². The van der Waals surface area contributed by atoms with Crippen LogP contribution >= 0.6 is 23.2 Å². The molecule has 2 aromatic carbocycles. The molecule has 0 spiro atoms. The Hall–Kier alpha value is -1.57. The van der Waals surface area contributed by atoms with Crippen LogP contribution in [0.4, 0.5) is 20.2 Å². The zero-order valence-corrected chi connectivity index (χ0v) is 12.5. The average Bonchev–Trinajstić information content (AvgIpc) is 2.37. The van der Waals surface area contributed by atoms with Gasteiger partial charge in [-0.15, -0.1) is 0 Å². The number of halogens is 4. The van der Waals surface area contributed by atoms with Gasteiger partial charge in [-0.05, 0) is 30.3 Å². The molecule has 0 aromatic heterocycles. The average molecular weight is 353 g/mol. The fourth-order valence-electron chi connectivity index (χ4n) is 1.53. The summed E-state index contributed by atoms with van der Waals surface area (Å²) >= 11 is 11.4. The lowest BCUT2D eigenvalue weighted by Crippen LogP contribution is -2.15. The van der Waals surface area contributed by atoms with E-state index in [-0.39, 0.29) is 15.7 Å². The van der Waals surface area contributed by atoms with E-state index in [0.29, 0.717) is 0 Å². The van der Waals surface area contributed by atoms with Gasteiger partial charge < -0.3 is 5.73 Å². The zero-order chi connectivity index (χ0) is 15.8. The van der Waals surface area contributed by atoms with E-state index in [1.54, 1.807) is 0 Å². The Morgan fingerprint density at radius 2 is 1.71 bits per heavy atom. The smallest absolute Gasteiger partial charge is 0.263 e. The molecule has 0 saturated heterocycles. The molecule has 3 N–H and O–H groups in total. The molecule has 2 aromatic rings. The minimum Gasteiger partial charge on any atom is -0.396 e. The van der Waals surface area contributed by atoms with Gasteiger partial charge in [-0.25, -0.2) is 17.2 Å². The first-order valence-corrected chi connectivity index (χ1v) is 7.67. The predicted octanol–water partition coefficient (Wildman–Crippen LogP) is 3.65. The van der Waals surface area contributed by atoms with Gasteiger partial charge in [0.2, 0.25) is 0 Å². The van der Waals surface area contributed by atoms with Crippen molar-refractivity contribution in [3.63, 3.8) is 0 Å². The number of hydrogen-bond acceptors (Lipinski definition) is 3. The molecule has 0 heterocycles. The standard InChI is InChI=1S/C12H8Cl2F2N2O2S/c13-6-1-2-8(15)11(3-6)18-21(19,20)12-5-10(17)9(16)4-7(12)14/h1-5,18H,17H2. The van der Waals surface area contributed by atoms with Crippen molar-refractivity contribution in [2.45, 2.75) is 4.90 Å². The van der Waals surface area contributed by atoms with Crippen LogP contribution in [0.1, 0.15) is 0 Å². The molecule has 0 atom stereocenters. The van der Waals surface area contributed by atoms with Crippen LogP contribution in [0, 0.1) is 11.6 Å². The van der Waals surface area contributed by atoms with Gasteiger partial charge in [-0.2, -0.15) is 0 Å². The van der Waals surface area contributed by atoms with Crippen LogP contribution in [0.5, 0.6) is 0 Å². The first kappa shape index (κ1) is 15.8. The third-order valence-corrected chi connectivity index (χ3v) is 4.58. The molecule has 112 valence electrons. The largest absolute Gasteiger partial charge is 0.396 e. The number of nitrogens with one attached hydrogen (secondary N) is 1. The molecule has 0 bridgehead atoms. The van der Waals surface area contributed by atoms with E-state index < -0.39 is 32.2 Å². The number of benzene rings is 2. The van der Waals surface area contributed by atoms with Gasteiger partial charge in [-0.3, -0.25) is 4.72 Å². The molecule has 21 heavy (non-hydrogen) atoms. The van der Waals surface area contributed by atoms with Crippen LogP contribution in [0.15, 0.2) is 35.2 Å². The number of nitrogens with two attached hydrogens (primary N) is 1. The summed E-state index contributed by atoms with van der Waals surface area (Å²) < 4.78 is 53.1. The summed E-state index contributed by atoms with van der Waals surface area (Å²) in [5.41, 5.74) is 4.56. The molecule has 2 rings (SSSR count). The maximum Gasteiger partial charge on any atom is 0.263 e. The van der Waals surface area contributed by atoms with Gasteiger partial charge >= 0.3 is 0 Å². The number of nitrogen functional groups attached to an aromatic ring is 1. The third kappa shape index (κ3) is 3.37. The van der Waals surface area contributed by atoms with Crippen molar-refractivity contribution >= 4 is 44.6 Å². The summed E-state index contributed by atoms with van der Waals surface area (Å²) in [5.74, 6) is -1.68. The third-order valence-electron chi connectivity index (χ3n) is 2.51. The molecule has 0 unspecified atom stereocenters. The molecule has 0 radical (unpaired) electrons. The molecule has 4 nitrogen and oxygen atoms in total.